The molecular formula is C19H22F3N3O3. The lowest BCUT2D eigenvalue weighted by atomic mass is 9.93. The number of hydrogen-bond acceptors (Lipinski definition) is 4. The van der Waals surface area contributed by atoms with Crippen LogP contribution in [0, 0.1) is 5.41 Å². The van der Waals surface area contributed by atoms with Gasteiger partial charge in [-0.05, 0) is 29.8 Å². The number of amides is 1. The molecule has 1 saturated heterocycles. The van der Waals surface area contributed by atoms with E-state index in [1.807, 2.05) is 20.8 Å². The van der Waals surface area contributed by atoms with Gasteiger partial charge in [-0.3, -0.25) is 4.79 Å². The third-order valence-electron chi connectivity index (χ3n) is 4.34. The van der Waals surface area contributed by atoms with Gasteiger partial charge in [0.15, 0.2) is 0 Å². The van der Waals surface area contributed by atoms with E-state index in [2.05, 4.69) is 14.7 Å². The van der Waals surface area contributed by atoms with Gasteiger partial charge in [-0.25, -0.2) is 4.98 Å². The summed E-state index contributed by atoms with van der Waals surface area (Å²) >= 11 is 0. The third-order valence-corrected chi connectivity index (χ3v) is 4.34. The quantitative estimate of drug-likeness (QED) is 0.853. The molecule has 0 unspecified atom stereocenters. The second kappa shape index (κ2) is 7.46. The Morgan fingerprint density at radius 1 is 1.25 bits per heavy atom. The van der Waals surface area contributed by atoms with Crippen molar-refractivity contribution in [1.29, 1.82) is 0 Å². The maximum atomic E-state index is 12.8. The van der Waals surface area contributed by atoms with E-state index >= 15 is 0 Å². The molecule has 0 radical (unpaired) electrons. The summed E-state index contributed by atoms with van der Waals surface area (Å²) in [6.45, 7) is 6.85. The van der Waals surface area contributed by atoms with Gasteiger partial charge < -0.3 is 19.4 Å². The first kappa shape index (κ1) is 20.2. The molecule has 1 amide bonds. The standard InChI is InChI=1S/C19H22F3N3O3/c1-18(2,3)17(26)25-8-9-27-11-15(25)16-23-10-14(24-16)12-4-6-13(7-5-12)28-19(20,21)22/h4-7,10,15H,8-9,11H2,1-3H3,(H,23,24)/t15-/m0/s1. The second-order valence-corrected chi connectivity index (χ2v) is 7.59. The summed E-state index contributed by atoms with van der Waals surface area (Å²) in [5, 5.41) is 0. The maximum absolute atomic E-state index is 12.8. The van der Waals surface area contributed by atoms with Gasteiger partial charge in [0.05, 0.1) is 25.1 Å². The van der Waals surface area contributed by atoms with Crippen LogP contribution in [0.2, 0.25) is 0 Å². The Kier molecular flexibility index (Phi) is 5.38. The molecule has 3 rings (SSSR count). The van der Waals surface area contributed by atoms with Gasteiger partial charge in [0.2, 0.25) is 5.91 Å². The number of aromatic nitrogens is 2. The highest BCUT2D eigenvalue weighted by Crippen LogP contribution is 2.30. The zero-order valence-corrected chi connectivity index (χ0v) is 15.8. The van der Waals surface area contributed by atoms with Crippen molar-refractivity contribution in [3.05, 3.63) is 36.3 Å². The van der Waals surface area contributed by atoms with Gasteiger partial charge in [0.1, 0.15) is 17.6 Å². The minimum absolute atomic E-state index is 0.00685. The number of morpholine rings is 1. The lowest BCUT2D eigenvalue weighted by Crippen LogP contribution is -2.48. The fourth-order valence-electron chi connectivity index (χ4n) is 2.99. The third kappa shape index (κ3) is 4.64. The summed E-state index contributed by atoms with van der Waals surface area (Å²) in [6, 6.07) is 5.15. The normalized spacial score (nSPS) is 18.2. The van der Waals surface area contributed by atoms with Crippen molar-refractivity contribution < 1.29 is 27.4 Å². The summed E-state index contributed by atoms with van der Waals surface area (Å²) in [7, 11) is 0. The number of rotatable bonds is 3. The highest BCUT2D eigenvalue weighted by Gasteiger charge is 2.36. The zero-order chi connectivity index (χ0) is 20.5. The Morgan fingerprint density at radius 2 is 1.93 bits per heavy atom. The van der Waals surface area contributed by atoms with Gasteiger partial charge in [0.25, 0.3) is 0 Å². The number of ether oxygens (including phenoxy) is 2. The van der Waals surface area contributed by atoms with Gasteiger partial charge in [-0.1, -0.05) is 20.8 Å². The van der Waals surface area contributed by atoms with Crippen molar-refractivity contribution in [3.63, 3.8) is 0 Å². The number of alkyl halides is 3. The van der Waals surface area contributed by atoms with Crippen molar-refractivity contribution in [2.75, 3.05) is 19.8 Å². The molecule has 0 bridgehead atoms. The molecule has 28 heavy (non-hydrogen) atoms. The summed E-state index contributed by atoms with van der Waals surface area (Å²) < 4.78 is 46.2. The number of H-pyrrole nitrogens is 1. The fraction of sp³-hybridized carbons (Fsp3) is 0.474. The molecule has 6 nitrogen and oxygen atoms in total. The number of halogens is 3. The minimum atomic E-state index is -4.73. The Hall–Kier alpha value is -2.55. The van der Waals surface area contributed by atoms with E-state index in [-0.39, 0.29) is 17.7 Å². The molecule has 0 spiro atoms. The highest BCUT2D eigenvalue weighted by molar-refractivity contribution is 5.82. The van der Waals surface area contributed by atoms with Crippen LogP contribution in [-0.4, -0.2) is 46.9 Å². The molecule has 9 heteroatoms. The number of aromatic amines is 1. The largest absolute Gasteiger partial charge is 0.573 e. The van der Waals surface area contributed by atoms with Crippen LogP contribution in [0.1, 0.15) is 32.6 Å². The topological polar surface area (TPSA) is 67.5 Å². The smallest absolute Gasteiger partial charge is 0.406 e. The fourth-order valence-corrected chi connectivity index (χ4v) is 2.99. The van der Waals surface area contributed by atoms with Crippen molar-refractivity contribution in [2.45, 2.75) is 33.2 Å². The number of imidazole rings is 1. The molecule has 0 saturated carbocycles. The minimum Gasteiger partial charge on any atom is -0.406 e. The summed E-state index contributed by atoms with van der Waals surface area (Å²) in [5.74, 6) is 0.286. The van der Waals surface area contributed by atoms with Crippen LogP contribution >= 0.6 is 0 Å². The molecule has 1 aliphatic rings. The van der Waals surface area contributed by atoms with E-state index in [0.717, 1.165) is 0 Å². The van der Waals surface area contributed by atoms with Crippen LogP contribution < -0.4 is 4.74 Å². The van der Waals surface area contributed by atoms with Crippen LogP contribution in [0.5, 0.6) is 5.75 Å². The summed E-state index contributed by atoms with van der Waals surface area (Å²) in [4.78, 5) is 22.0. The number of carbonyl (C=O) groups is 1. The Morgan fingerprint density at radius 3 is 2.54 bits per heavy atom. The van der Waals surface area contributed by atoms with E-state index in [1.165, 1.54) is 24.3 Å². The van der Waals surface area contributed by atoms with Crippen molar-refractivity contribution in [2.24, 2.45) is 5.41 Å². The van der Waals surface area contributed by atoms with E-state index in [0.29, 0.717) is 36.8 Å². The van der Waals surface area contributed by atoms with Crippen molar-refractivity contribution in [3.8, 4) is 17.0 Å². The second-order valence-electron chi connectivity index (χ2n) is 7.59. The molecule has 1 aliphatic heterocycles. The van der Waals surface area contributed by atoms with Crippen molar-refractivity contribution in [1.82, 2.24) is 14.9 Å². The van der Waals surface area contributed by atoms with E-state index in [9.17, 15) is 18.0 Å². The maximum Gasteiger partial charge on any atom is 0.573 e. The molecule has 1 atom stereocenters. The van der Waals surface area contributed by atoms with Gasteiger partial charge in [-0.2, -0.15) is 0 Å². The SMILES string of the molecule is CC(C)(C)C(=O)N1CCOC[C@H]1c1ncc(-c2ccc(OC(F)(F)F)cc2)[nH]1. The number of hydrogen-bond donors (Lipinski definition) is 1. The van der Waals surface area contributed by atoms with Gasteiger partial charge in [-0.15, -0.1) is 13.2 Å². The van der Waals surface area contributed by atoms with Crippen molar-refractivity contribution >= 4 is 5.91 Å². The van der Waals surface area contributed by atoms with Gasteiger partial charge >= 0.3 is 6.36 Å². The first-order chi connectivity index (χ1) is 13.0. The summed E-state index contributed by atoms with van der Waals surface area (Å²) in [5.41, 5.74) is 0.750. The lowest BCUT2D eigenvalue weighted by Gasteiger charge is -2.38. The van der Waals surface area contributed by atoms with Crippen LogP contribution in [0.3, 0.4) is 0 Å². The number of carbonyl (C=O) groups excluding carboxylic acids is 1. The molecule has 152 valence electrons. The predicted octanol–water partition coefficient (Wildman–Crippen LogP) is 3.92. The monoisotopic (exact) mass is 397 g/mol. The van der Waals surface area contributed by atoms with E-state index in [1.54, 1.807) is 11.1 Å². The predicted molar refractivity (Wildman–Crippen MR) is 95.4 cm³/mol. The number of nitrogens with zero attached hydrogens (tertiary/aromatic N) is 2. The summed E-state index contributed by atoms with van der Waals surface area (Å²) in [6.07, 6.45) is -3.14. The first-order valence-corrected chi connectivity index (χ1v) is 8.84. The molecule has 1 aromatic carbocycles. The lowest BCUT2D eigenvalue weighted by molar-refractivity contribution is -0.274. The average Bonchev–Trinajstić information content (AvgIpc) is 3.09. The highest BCUT2D eigenvalue weighted by atomic mass is 19.4. The molecule has 2 heterocycles. The molecular weight excluding hydrogens is 375 g/mol. The molecule has 1 N–H and O–H groups in total. The zero-order valence-electron chi connectivity index (χ0n) is 15.8. The first-order valence-electron chi connectivity index (χ1n) is 8.84. The van der Waals surface area contributed by atoms with Crippen LogP contribution in [0.15, 0.2) is 30.5 Å². The molecule has 1 fully saturated rings. The van der Waals surface area contributed by atoms with Crippen LogP contribution in [0.25, 0.3) is 11.3 Å². The van der Waals surface area contributed by atoms with Gasteiger partial charge in [0, 0.05) is 12.0 Å². The van der Waals surface area contributed by atoms with Crippen LogP contribution in [-0.2, 0) is 9.53 Å². The average molecular weight is 397 g/mol. The number of benzene rings is 1. The van der Waals surface area contributed by atoms with Crippen LogP contribution in [0.4, 0.5) is 13.2 Å². The number of nitrogens with one attached hydrogen (secondary N) is 1. The Balaban J connectivity index is 1.80. The molecule has 0 aliphatic carbocycles. The molecule has 1 aromatic heterocycles. The van der Waals surface area contributed by atoms with E-state index in [4.69, 9.17) is 4.74 Å². The Bertz CT molecular complexity index is 825. The molecule has 2 aromatic rings. The Labute approximate surface area is 160 Å². The van der Waals surface area contributed by atoms with E-state index < -0.39 is 11.8 Å².